The van der Waals surface area contributed by atoms with Crippen LogP contribution in [0.1, 0.15) is 21.5 Å². The Morgan fingerprint density at radius 2 is 1.92 bits per heavy atom. The number of hydrogen-bond donors (Lipinski definition) is 1. The van der Waals surface area contributed by atoms with Crippen LogP contribution in [0, 0.1) is 6.92 Å². The third-order valence-electron chi connectivity index (χ3n) is 4.46. The highest BCUT2D eigenvalue weighted by molar-refractivity contribution is 6.31. The molecule has 1 aliphatic rings. The predicted molar refractivity (Wildman–Crippen MR) is 103 cm³/mol. The zero-order valence-electron chi connectivity index (χ0n) is 14.2. The lowest BCUT2D eigenvalue weighted by atomic mass is 10.2. The van der Waals surface area contributed by atoms with Crippen LogP contribution in [-0.2, 0) is 6.42 Å². The minimum absolute atomic E-state index is 0.265. The van der Waals surface area contributed by atoms with Crippen LogP contribution >= 0.6 is 11.6 Å². The van der Waals surface area contributed by atoms with E-state index < -0.39 is 0 Å². The molecule has 6 heteroatoms. The molecule has 0 bridgehead atoms. The maximum absolute atomic E-state index is 12.4. The summed E-state index contributed by atoms with van der Waals surface area (Å²) >= 11 is 6.10. The quantitative estimate of drug-likeness (QED) is 0.749. The van der Waals surface area contributed by atoms with E-state index >= 15 is 0 Å². The zero-order valence-corrected chi connectivity index (χ0v) is 15.0. The number of hydrogen-bond acceptors (Lipinski definition) is 4. The molecule has 3 aromatic rings. The first-order valence-electron chi connectivity index (χ1n) is 8.37. The molecule has 0 fully saturated rings. The van der Waals surface area contributed by atoms with Crippen molar-refractivity contribution >= 4 is 34.8 Å². The lowest BCUT2D eigenvalue weighted by molar-refractivity contribution is 0.102. The summed E-state index contributed by atoms with van der Waals surface area (Å²) in [4.78, 5) is 23.2. The predicted octanol–water partition coefficient (Wildman–Crippen LogP) is 4.38. The third-order valence-corrected chi connectivity index (χ3v) is 4.87. The summed E-state index contributed by atoms with van der Waals surface area (Å²) in [7, 11) is 0. The Bertz CT molecular complexity index is 972. The van der Waals surface area contributed by atoms with E-state index in [9.17, 15) is 4.79 Å². The van der Waals surface area contributed by atoms with E-state index in [-0.39, 0.29) is 5.91 Å². The smallest absolute Gasteiger partial charge is 0.258 e. The molecule has 4 rings (SSSR count). The van der Waals surface area contributed by atoms with Gasteiger partial charge in [-0.05, 0) is 42.7 Å². The van der Waals surface area contributed by atoms with E-state index in [1.165, 1.54) is 5.56 Å². The molecule has 0 saturated carbocycles. The molecular weight excluding hydrogens is 348 g/mol. The Balaban J connectivity index is 1.51. The lowest BCUT2D eigenvalue weighted by Gasteiger charge is -2.17. The maximum Gasteiger partial charge on any atom is 0.258 e. The van der Waals surface area contributed by atoms with Crippen molar-refractivity contribution in [2.24, 2.45) is 0 Å². The van der Waals surface area contributed by atoms with Gasteiger partial charge in [0.15, 0.2) is 0 Å². The molecule has 1 N–H and O–H groups in total. The van der Waals surface area contributed by atoms with Crippen molar-refractivity contribution in [3.8, 4) is 0 Å². The molecule has 130 valence electrons. The molecular formula is C20H17ClN4O. The molecule has 2 aromatic carbocycles. The molecule has 1 aliphatic heterocycles. The van der Waals surface area contributed by atoms with Gasteiger partial charge >= 0.3 is 0 Å². The van der Waals surface area contributed by atoms with Gasteiger partial charge in [-0.15, -0.1) is 0 Å². The van der Waals surface area contributed by atoms with E-state index in [1.807, 2.05) is 31.2 Å². The minimum Gasteiger partial charge on any atom is -0.322 e. The summed E-state index contributed by atoms with van der Waals surface area (Å²) in [5.41, 5.74) is 4.41. The zero-order chi connectivity index (χ0) is 18.1. The fourth-order valence-electron chi connectivity index (χ4n) is 3.00. The summed E-state index contributed by atoms with van der Waals surface area (Å²) < 4.78 is 0. The number of rotatable bonds is 3. The molecule has 1 amide bonds. The Morgan fingerprint density at radius 1 is 1.15 bits per heavy atom. The largest absolute Gasteiger partial charge is 0.322 e. The number of anilines is 3. The van der Waals surface area contributed by atoms with E-state index in [4.69, 9.17) is 11.6 Å². The van der Waals surface area contributed by atoms with Gasteiger partial charge in [0.05, 0.1) is 5.56 Å². The second-order valence-corrected chi connectivity index (χ2v) is 6.63. The van der Waals surface area contributed by atoms with E-state index in [2.05, 4.69) is 32.3 Å². The van der Waals surface area contributed by atoms with Crippen LogP contribution in [0.2, 0.25) is 5.02 Å². The molecule has 0 spiro atoms. The molecule has 0 aliphatic carbocycles. The summed E-state index contributed by atoms with van der Waals surface area (Å²) in [6, 6.07) is 13.6. The number of carbonyl (C=O) groups is 1. The number of halogens is 1. The summed E-state index contributed by atoms with van der Waals surface area (Å²) in [5.74, 6) is 0.336. The molecule has 26 heavy (non-hydrogen) atoms. The fourth-order valence-corrected chi connectivity index (χ4v) is 3.18. The van der Waals surface area contributed by atoms with Crippen LogP contribution in [0.15, 0.2) is 54.9 Å². The first kappa shape index (κ1) is 16.5. The first-order valence-corrected chi connectivity index (χ1v) is 8.74. The van der Waals surface area contributed by atoms with E-state index in [0.717, 1.165) is 24.2 Å². The summed E-state index contributed by atoms with van der Waals surface area (Å²) in [5, 5.41) is 3.43. The normalized spacial score (nSPS) is 12.8. The van der Waals surface area contributed by atoms with Gasteiger partial charge in [0, 0.05) is 35.3 Å². The number of nitrogens with one attached hydrogen (secondary N) is 1. The number of aryl methyl sites for hydroxylation is 1. The van der Waals surface area contributed by atoms with Crippen LogP contribution in [0.25, 0.3) is 0 Å². The van der Waals surface area contributed by atoms with Gasteiger partial charge < -0.3 is 10.2 Å². The Labute approximate surface area is 156 Å². The number of carbonyl (C=O) groups excluding carboxylic acids is 1. The average molecular weight is 365 g/mol. The molecule has 1 aromatic heterocycles. The highest BCUT2D eigenvalue weighted by Gasteiger charge is 2.22. The van der Waals surface area contributed by atoms with Crippen LogP contribution < -0.4 is 10.2 Å². The molecule has 2 heterocycles. The number of para-hydroxylation sites is 1. The van der Waals surface area contributed by atoms with Crippen LogP contribution in [0.3, 0.4) is 0 Å². The molecule has 0 radical (unpaired) electrons. The molecule has 0 atom stereocenters. The SMILES string of the molecule is Cc1ccc(NC(=O)c2cnc(N3CCc4ccccc43)nc2)cc1Cl. The van der Waals surface area contributed by atoms with Crippen molar-refractivity contribution in [3.63, 3.8) is 0 Å². The number of fused-ring (bicyclic) bond motifs is 1. The lowest BCUT2D eigenvalue weighted by Crippen LogP contribution is -2.18. The summed E-state index contributed by atoms with van der Waals surface area (Å²) in [6.07, 6.45) is 4.07. The van der Waals surface area contributed by atoms with Crippen molar-refractivity contribution in [2.75, 3.05) is 16.8 Å². The number of aromatic nitrogens is 2. The number of nitrogens with zero attached hydrogens (tertiary/aromatic N) is 3. The van der Waals surface area contributed by atoms with Crippen molar-refractivity contribution < 1.29 is 4.79 Å². The van der Waals surface area contributed by atoms with E-state index in [0.29, 0.717) is 22.2 Å². The van der Waals surface area contributed by atoms with Crippen molar-refractivity contribution in [2.45, 2.75) is 13.3 Å². The minimum atomic E-state index is -0.265. The van der Waals surface area contributed by atoms with E-state index in [1.54, 1.807) is 18.5 Å². The highest BCUT2D eigenvalue weighted by Crippen LogP contribution is 2.32. The van der Waals surface area contributed by atoms with Crippen molar-refractivity contribution in [1.82, 2.24) is 9.97 Å². The maximum atomic E-state index is 12.4. The second kappa shape index (κ2) is 6.77. The Morgan fingerprint density at radius 3 is 2.69 bits per heavy atom. The molecule has 0 unspecified atom stereocenters. The van der Waals surface area contributed by atoms with Gasteiger partial charge in [-0.1, -0.05) is 35.9 Å². The Kier molecular flexibility index (Phi) is 4.31. The van der Waals surface area contributed by atoms with Crippen molar-refractivity contribution in [3.05, 3.63) is 76.6 Å². The van der Waals surface area contributed by atoms with Gasteiger partial charge in [0.25, 0.3) is 5.91 Å². The number of amides is 1. The van der Waals surface area contributed by atoms with Crippen LogP contribution in [0.4, 0.5) is 17.3 Å². The fraction of sp³-hybridized carbons (Fsp3) is 0.150. The average Bonchev–Trinajstić information content (AvgIpc) is 3.09. The second-order valence-electron chi connectivity index (χ2n) is 6.22. The highest BCUT2D eigenvalue weighted by atomic mass is 35.5. The molecule has 0 saturated heterocycles. The third kappa shape index (κ3) is 3.13. The number of benzene rings is 2. The molecule has 5 nitrogen and oxygen atoms in total. The Hall–Kier alpha value is -2.92. The van der Waals surface area contributed by atoms with Crippen LogP contribution in [-0.4, -0.2) is 22.4 Å². The standard InChI is InChI=1S/C20H17ClN4O/c1-13-6-7-16(10-17(13)21)24-19(26)15-11-22-20(23-12-15)25-9-8-14-4-2-3-5-18(14)25/h2-7,10-12H,8-9H2,1H3,(H,24,26). The van der Waals surface area contributed by atoms with Crippen LogP contribution in [0.5, 0.6) is 0 Å². The van der Waals surface area contributed by atoms with Gasteiger partial charge in [0.1, 0.15) is 0 Å². The van der Waals surface area contributed by atoms with Gasteiger partial charge in [-0.3, -0.25) is 4.79 Å². The summed E-state index contributed by atoms with van der Waals surface area (Å²) in [6.45, 7) is 2.75. The van der Waals surface area contributed by atoms with Gasteiger partial charge in [-0.2, -0.15) is 0 Å². The first-order chi connectivity index (χ1) is 12.6. The van der Waals surface area contributed by atoms with Gasteiger partial charge in [0.2, 0.25) is 5.95 Å². The van der Waals surface area contributed by atoms with Crippen molar-refractivity contribution in [1.29, 1.82) is 0 Å². The monoisotopic (exact) mass is 364 g/mol. The van der Waals surface area contributed by atoms with Gasteiger partial charge in [-0.25, -0.2) is 9.97 Å². The topological polar surface area (TPSA) is 58.1 Å².